The van der Waals surface area contributed by atoms with E-state index in [1.807, 2.05) is 0 Å². The predicted molar refractivity (Wildman–Crippen MR) is 82.2 cm³/mol. The van der Waals surface area contributed by atoms with Gasteiger partial charge in [0.15, 0.2) is 0 Å². The van der Waals surface area contributed by atoms with Gasteiger partial charge in [0.25, 0.3) is 5.91 Å². The highest BCUT2D eigenvalue weighted by Crippen LogP contribution is 2.30. The lowest BCUT2D eigenvalue weighted by Gasteiger charge is -2.14. The Labute approximate surface area is 137 Å². The number of amides is 1. The van der Waals surface area contributed by atoms with Crippen molar-refractivity contribution in [1.82, 2.24) is 5.32 Å². The average Bonchev–Trinajstić information content (AvgIpc) is 2.58. The number of methoxy groups -OCH3 is 2. The van der Waals surface area contributed by atoms with E-state index in [9.17, 15) is 18.0 Å². The van der Waals surface area contributed by atoms with Crippen LogP contribution < -0.4 is 14.8 Å². The number of alkyl halides is 3. The maximum Gasteiger partial charge on any atom is 0.416 e. The lowest BCUT2D eigenvalue weighted by molar-refractivity contribution is -0.137. The molecule has 0 heterocycles. The van der Waals surface area contributed by atoms with Crippen molar-refractivity contribution in [2.75, 3.05) is 14.2 Å². The molecule has 0 radical (unpaired) electrons. The molecule has 0 aliphatic heterocycles. The first-order chi connectivity index (χ1) is 11.4. The van der Waals surface area contributed by atoms with Gasteiger partial charge in [-0.3, -0.25) is 4.79 Å². The lowest BCUT2D eigenvalue weighted by Crippen LogP contribution is -2.24. The second-order valence-corrected chi connectivity index (χ2v) is 4.90. The van der Waals surface area contributed by atoms with E-state index >= 15 is 0 Å². The maximum atomic E-state index is 12.7. The minimum absolute atomic E-state index is 0.0578. The van der Waals surface area contributed by atoms with E-state index in [-0.39, 0.29) is 12.1 Å². The first-order valence-electron chi connectivity index (χ1n) is 7.02. The van der Waals surface area contributed by atoms with Crippen LogP contribution in [0.1, 0.15) is 21.5 Å². The fraction of sp³-hybridized carbons (Fsp3) is 0.235. The van der Waals surface area contributed by atoms with E-state index in [2.05, 4.69) is 5.32 Å². The molecule has 0 aromatic heterocycles. The molecule has 24 heavy (non-hydrogen) atoms. The molecule has 1 N–H and O–H groups in total. The van der Waals surface area contributed by atoms with Gasteiger partial charge in [-0.1, -0.05) is 12.1 Å². The van der Waals surface area contributed by atoms with Crippen LogP contribution in [0.5, 0.6) is 11.5 Å². The Hall–Kier alpha value is -2.70. The van der Waals surface area contributed by atoms with E-state index in [0.29, 0.717) is 17.1 Å². The molecule has 2 aromatic rings. The van der Waals surface area contributed by atoms with Crippen LogP contribution in [-0.2, 0) is 12.7 Å². The summed E-state index contributed by atoms with van der Waals surface area (Å²) in [5, 5.41) is 2.58. The van der Waals surface area contributed by atoms with Gasteiger partial charge < -0.3 is 14.8 Å². The van der Waals surface area contributed by atoms with Gasteiger partial charge in [-0.05, 0) is 30.3 Å². The third-order valence-corrected chi connectivity index (χ3v) is 3.41. The lowest BCUT2D eigenvalue weighted by atomic mass is 10.1. The van der Waals surface area contributed by atoms with Gasteiger partial charge >= 0.3 is 6.18 Å². The summed E-state index contributed by atoms with van der Waals surface area (Å²) >= 11 is 0. The molecule has 0 fully saturated rings. The maximum absolute atomic E-state index is 12.7. The highest BCUT2D eigenvalue weighted by molar-refractivity contribution is 5.94. The number of carbonyl (C=O) groups is 1. The van der Waals surface area contributed by atoms with E-state index in [0.717, 1.165) is 12.1 Å². The van der Waals surface area contributed by atoms with Crippen molar-refractivity contribution in [3.63, 3.8) is 0 Å². The van der Waals surface area contributed by atoms with Gasteiger partial charge in [0.05, 0.1) is 31.9 Å². The average molecular weight is 339 g/mol. The predicted octanol–water partition coefficient (Wildman–Crippen LogP) is 3.65. The Morgan fingerprint density at radius 3 is 2.17 bits per heavy atom. The molecule has 7 heteroatoms. The molecule has 2 aromatic carbocycles. The Morgan fingerprint density at radius 2 is 1.62 bits per heavy atom. The molecule has 0 unspecified atom stereocenters. The van der Waals surface area contributed by atoms with Crippen molar-refractivity contribution in [2.24, 2.45) is 0 Å². The van der Waals surface area contributed by atoms with Crippen LogP contribution in [0, 0.1) is 0 Å². The van der Waals surface area contributed by atoms with Gasteiger partial charge in [-0.25, -0.2) is 0 Å². The summed E-state index contributed by atoms with van der Waals surface area (Å²) in [4.78, 5) is 12.1. The quantitative estimate of drug-likeness (QED) is 0.904. The summed E-state index contributed by atoms with van der Waals surface area (Å²) in [5.74, 6) is 0.409. The summed E-state index contributed by atoms with van der Waals surface area (Å²) in [6, 6.07) is 9.39. The Bertz CT molecular complexity index is 707. The zero-order valence-electron chi connectivity index (χ0n) is 13.1. The van der Waals surface area contributed by atoms with Crippen molar-refractivity contribution in [1.29, 1.82) is 0 Å². The normalized spacial score (nSPS) is 11.0. The van der Waals surface area contributed by atoms with Gasteiger partial charge in [-0.2, -0.15) is 13.2 Å². The van der Waals surface area contributed by atoms with E-state index < -0.39 is 17.6 Å². The van der Waals surface area contributed by atoms with E-state index in [4.69, 9.17) is 9.47 Å². The van der Waals surface area contributed by atoms with Crippen molar-refractivity contribution >= 4 is 5.91 Å². The number of hydrogen-bond acceptors (Lipinski definition) is 3. The topological polar surface area (TPSA) is 47.6 Å². The number of benzene rings is 2. The Morgan fingerprint density at radius 1 is 1.04 bits per heavy atom. The number of ether oxygens (including phenoxy) is 2. The van der Waals surface area contributed by atoms with Crippen LogP contribution in [0.3, 0.4) is 0 Å². The van der Waals surface area contributed by atoms with Crippen molar-refractivity contribution in [2.45, 2.75) is 12.7 Å². The molecule has 0 spiro atoms. The molecule has 0 aliphatic carbocycles. The van der Waals surface area contributed by atoms with Gasteiger partial charge in [0.2, 0.25) is 0 Å². The van der Waals surface area contributed by atoms with Crippen LogP contribution in [0.2, 0.25) is 0 Å². The smallest absolute Gasteiger partial charge is 0.416 e. The first-order valence-corrected chi connectivity index (χ1v) is 7.02. The number of hydrogen-bond donors (Lipinski definition) is 1. The number of rotatable bonds is 5. The van der Waals surface area contributed by atoms with Crippen LogP contribution in [0.4, 0.5) is 13.2 Å². The molecular formula is C17H16F3NO3. The van der Waals surface area contributed by atoms with E-state index in [1.165, 1.54) is 26.4 Å². The summed E-state index contributed by atoms with van der Waals surface area (Å²) in [6.07, 6.45) is -4.50. The molecule has 0 saturated heterocycles. The van der Waals surface area contributed by atoms with Gasteiger partial charge in [0, 0.05) is 5.56 Å². The summed E-state index contributed by atoms with van der Waals surface area (Å²) in [7, 11) is 2.96. The standard InChI is InChI=1S/C17H16F3NO3/c1-23-14-7-4-8-15(24-2)13(14)10-21-16(22)11-5-3-6-12(9-11)17(18,19)20/h3-9H,10H2,1-2H3,(H,21,22). The van der Waals surface area contributed by atoms with Crippen LogP contribution in [-0.4, -0.2) is 20.1 Å². The molecule has 4 nitrogen and oxygen atoms in total. The zero-order chi connectivity index (χ0) is 17.7. The third kappa shape index (κ3) is 3.98. The van der Waals surface area contributed by atoms with Crippen molar-refractivity contribution in [3.8, 4) is 11.5 Å². The fourth-order valence-electron chi connectivity index (χ4n) is 2.21. The monoisotopic (exact) mass is 339 g/mol. The molecule has 0 saturated carbocycles. The third-order valence-electron chi connectivity index (χ3n) is 3.41. The molecule has 0 atom stereocenters. The minimum Gasteiger partial charge on any atom is -0.496 e. The SMILES string of the molecule is COc1cccc(OC)c1CNC(=O)c1cccc(C(F)(F)F)c1. The van der Waals surface area contributed by atoms with Gasteiger partial charge in [-0.15, -0.1) is 0 Å². The number of halogens is 3. The van der Waals surface area contributed by atoms with E-state index in [1.54, 1.807) is 18.2 Å². The molecule has 0 aliphatic rings. The first kappa shape index (κ1) is 17.7. The number of nitrogens with one attached hydrogen (secondary N) is 1. The molecule has 2 rings (SSSR count). The second-order valence-electron chi connectivity index (χ2n) is 4.90. The highest BCUT2D eigenvalue weighted by atomic mass is 19.4. The van der Waals surface area contributed by atoms with Crippen molar-refractivity contribution < 1.29 is 27.4 Å². The minimum atomic E-state index is -4.50. The molecule has 1 amide bonds. The highest BCUT2D eigenvalue weighted by Gasteiger charge is 2.30. The summed E-state index contributed by atoms with van der Waals surface area (Å²) in [5.41, 5.74) is -0.341. The van der Waals surface area contributed by atoms with Crippen LogP contribution >= 0.6 is 0 Å². The molecule has 0 bridgehead atoms. The summed E-state index contributed by atoms with van der Waals surface area (Å²) in [6.45, 7) is 0.0578. The fourth-order valence-corrected chi connectivity index (χ4v) is 2.21. The van der Waals surface area contributed by atoms with Crippen molar-refractivity contribution in [3.05, 3.63) is 59.2 Å². The van der Waals surface area contributed by atoms with Gasteiger partial charge in [0.1, 0.15) is 11.5 Å². The Balaban J connectivity index is 2.17. The number of carbonyl (C=O) groups excluding carboxylic acids is 1. The zero-order valence-corrected chi connectivity index (χ0v) is 13.1. The van der Waals surface area contributed by atoms with Crippen LogP contribution in [0.15, 0.2) is 42.5 Å². The molecular weight excluding hydrogens is 323 g/mol. The molecule has 128 valence electrons. The largest absolute Gasteiger partial charge is 0.496 e. The summed E-state index contributed by atoms with van der Waals surface area (Å²) < 4.78 is 48.6. The Kier molecular flexibility index (Phi) is 5.33. The van der Waals surface area contributed by atoms with Crippen LogP contribution in [0.25, 0.3) is 0 Å². The second kappa shape index (κ2) is 7.25.